The molecule has 0 atom stereocenters. The number of hydrogen-bond donors (Lipinski definition) is 1. The van der Waals surface area contributed by atoms with E-state index in [9.17, 15) is 14.0 Å². The molecule has 1 aromatic carbocycles. The minimum Gasteiger partial charge on any atom is -0.332 e. The summed E-state index contributed by atoms with van der Waals surface area (Å²) < 4.78 is 13.4. The molecule has 0 bridgehead atoms. The monoisotopic (exact) mass is 293 g/mol. The highest BCUT2D eigenvalue weighted by Gasteiger charge is 2.29. The lowest BCUT2D eigenvalue weighted by Crippen LogP contribution is -2.53. The van der Waals surface area contributed by atoms with Crippen molar-refractivity contribution in [3.8, 4) is 0 Å². The van der Waals surface area contributed by atoms with Crippen molar-refractivity contribution in [3.05, 3.63) is 35.1 Å². The number of piperazine rings is 1. The van der Waals surface area contributed by atoms with Gasteiger partial charge >= 0.3 is 0 Å². The Balaban J connectivity index is 2.12. The van der Waals surface area contributed by atoms with Crippen molar-refractivity contribution >= 4 is 11.8 Å². The van der Waals surface area contributed by atoms with Crippen LogP contribution in [0.25, 0.3) is 0 Å². The second-order valence-electron chi connectivity index (χ2n) is 5.18. The van der Waals surface area contributed by atoms with Gasteiger partial charge in [0, 0.05) is 19.6 Å². The van der Waals surface area contributed by atoms with Crippen molar-refractivity contribution in [3.63, 3.8) is 0 Å². The van der Waals surface area contributed by atoms with Gasteiger partial charge in [-0.1, -0.05) is 13.0 Å². The fourth-order valence-corrected chi connectivity index (χ4v) is 2.47. The number of carbonyl (C=O) groups is 2. The fourth-order valence-electron chi connectivity index (χ4n) is 2.47. The first-order valence-electron chi connectivity index (χ1n) is 7.08. The standard InChI is InChI=1S/C15H20FN3O2/c1-2-5-18-9-15(21)19(10-14(18)20)8-12-6-13(16)4-3-11(12)7-17/h3-4,6H,2,5,7-10,17H2,1H3. The SMILES string of the molecule is CCCN1CC(=O)N(Cc2cc(F)ccc2CN)CC1=O. The molecule has 2 rings (SSSR count). The van der Waals surface area contributed by atoms with E-state index in [1.165, 1.54) is 17.0 Å². The first-order chi connectivity index (χ1) is 10.0. The van der Waals surface area contributed by atoms with Crippen LogP contribution in [0.5, 0.6) is 0 Å². The van der Waals surface area contributed by atoms with Crippen LogP contribution >= 0.6 is 0 Å². The van der Waals surface area contributed by atoms with Gasteiger partial charge in [-0.05, 0) is 29.7 Å². The number of nitrogens with zero attached hydrogens (tertiary/aromatic N) is 2. The van der Waals surface area contributed by atoms with Crippen LogP contribution in [0.3, 0.4) is 0 Å². The molecule has 0 spiro atoms. The lowest BCUT2D eigenvalue weighted by Gasteiger charge is -2.34. The van der Waals surface area contributed by atoms with Gasteiger partial charge in [0.2, 0.25) is 11.8 Å². The number of benzene rings is 1. The van der Waals surface area contributed by atoms with E-state index in [-0.39, 0.29) is 43.8 Å². The smallest absolute Gasteiger partial charge is 0.242 e. The number of amides is 2. The zero-order valence-corrected chi connectivity index (χ0v) is 12.1. The maximum atomic E-state index is 13.4. The molecule has 1 fully saturated rings. The summed E-state index contributed by atoms with van der Waals surface area (Å²) in [4.78, 5) is 27.1. The van der Waals surface area contributed by atoms with E-state index in [0.29, 0.717) is 12.1 Å². The quantitative estimate of drug-likeness (QED) is 0.876. The number of rotatable bonds is 5. The molecule has 2 amide bonds. The van der Waals surface area contributed by atoms with Crippen molar-refractivity contribution in [2.45, 2.75) is 26.4 Å². The Bertz CT molecular complexity index is 548. The fraction of sp³-hybridized carbons (Fsp3) is 0.467. The normalized spacial score (nSPS) is 15.8. The summed E-state index contributed by atoms with van der Waals surface area (Å²) in [5, 5.41) is 0. The predicted octanol–water partition coefficient (Wildman–Crippen LogP) is 0.865. The van der Waals surface area contributed by atoms with Crippen LogP contribution in [-0.4, -0.2) is 41.2 Å². The van der Waals surface area contributed by atoms with Crippen molar-refractivity contribution < 1.29 is 14.0 Å². The molecule has 1 aromatic rings. The van der Waals surface area contributed by atoms with E-state index >= 15 is 0 Å². The predicted molar refractivity (Wildman–Crippen MR) is 76.6 cm³/mol. The Labute approximate surface area is 123 Å². The zero-order valence-electron chi connectivity index (χ0n) is 12.1. The highest BCUT2D eigenvalue weighted by molar-refractivity contribution is 5.92. The van der Waals surface area contributed by atoms with Gasteiger partial charge in [0.05, 0.1) is 6.54 Å². The first kappa shape index (κ1) is 15.4. The summed E-state index contributed by atoms with van der Waals surface area (Å²) in [6.07, 6.45) is 0.820. The molecule has 114 valence electrons. The van der Waals surface area contributed by atoms with E-state index in [4.69, 9.17) is 5.73 Å². The molecule has 0 aliphatic carbocycles. The Morgan fingerprint density at radius 2 is 1.81 bits per heavy atom. The maximum absolute atomic E-state index is 13.4. The molecule has 6 heteroatoms. The molecule has 1 heterocycles. The molecule has 1 aliphatic heterocycles. The first-order valence-corrected chi connectivity index (χ1v) is 7.08. The second kappa shape index (κ2) is 6.67. The largest absolute Gasteiger partial charge is 0.332 e. The van der Waals surface area contributed by atoms with E-state index in [0.717, 1.165) is 12.0 Å². The zero-order chi connectivity index (χ0) is 15.4. The summed E-state index contributed by atoms with van der Waals surface area (Å²) in [5.41, 5.74) is 7.07. The van der Waals surface area contributed by atoms with Crippen molar-refractivity contribution in [1.82, 2.24) is 9.80 Å². The van der Waals surface area contributed by atoms with Crippen LogP contribution in [0.15, 0.2) is 18.2 Å². The minimum atomic E-state index is -0.370. The van der Waals surface area contributed by atoms with Crippen LogP contribution in [0.4, 0.5) is 4.39 Å². The number of carbonyl (C=O) groups excluding carboxylic acids is 2. The summed E-state index contributed by atoms with van der Waals surface area (Å²) in [6, 6.07) is 4.33. The Morgan fingerprint density at radius 3 is 2.48 bits per heavy atom. The van der Waals surface area contributed by atoms with Crippen molar-refractivity contribution in [2.75, 3.05) is 19.6 Å². The third kappa shape index (κ3) is 3.58. The van der Waals surface area contributed by atoms with E-state index in [2.05, 4.69) is 0 Å². The molecule has 0 radical (unpaired) electrons. The van der Waals surface area contributed by atoms with Crippen LogP contribution in [0.1, 0.15) is 24.5 Å². The van der Waals surface area contributed by atoms with E-state index in [1.807, 2.05) is 6.92 Å². The van der Waals surface area contributed by atoms with Gasteiger partial charge in [-0.3, -0.25) is 9.59 Å². The Hall–Kier alpha value is -1.95. The van der Waals surface area contributed by atoms with Gasteiger partial charge in [-0.25, -0.2) is 4.39 Å². The molecule has 1 saturated heterocycles. The highest BCUT2D eigenvalue weighted by Crippen LogP contribution is 2.16. The van der Waals surface area contributed by atoms with Gasteiger partial charge in [0.25, 0.3) is 0 Å². The van der Waals surface area contributed by atoms with Gasteiger partial charge < -0.3 is 15.5 Å². The molecule has 2 N–H and O–H groups in total. The van der Waals surface area contributed by atoms with Crippen LogP contribution in [0.2, 0.25) is 0 Å². The summed E-state index contributed by atoms with van der Waals surface area (Å²) in [7, 11) is 0. The molecule has 0 aromatic heterocycles. The Kier molecular flexibility index (Phi) is 4.90. The maximum Gasteiger partial charge on any atom is 0.242 e. The summed E-state index contributed by atoms with van der Waals surface area (Å²) in [6.45, 7) is 3.18. The molecular weight excluding hydrogens is 273 g/mol. The summed E-state index contributed by atoms with van der Waals surface area (Å²) >= 11 is 0. The lowest BCUT2D eigenvalue weighted by atomic mass is 10.1. The average molecular weight is 293 g/mol. The van der Waals surface area contributed by atoms with E-state index < -0.39 is 0 Å². The van der Waals surface area contributed by atoms with Gasteiger partial charge in [0.1, 0.15) is 12.4 Å². The topological polar surface area (TPSA) is 66.6 Å². The molecular formula is C15H20FN3O2. The molecule has 0 saturated carbocycles. The minimum absolute atomic E-state index is 0.0410. The molecule has 1 aliphatic rings. The highest BCUT2D eigenvalue weighted by atomic mass is 19.1. The molecule has 5 nitrogen and oxygen atoms in total. The molecule has 0 unspecified atom stereocenters. The second-order valence-corrected chi connectivity index (χ2v) is 5.18. The third-order valence-electron chi connectivity index (χ3n) is 3.60. The van der Waals surface area contributed by atoms with E-state index in [1.54, 1.807) is 11.0 Å². The van der Waals surface area contributed by atoms with Crippen molar-refractivity contribution in [1.29, 1.82) is 0 Å². The Morgan fingerprint density at radius 1 is 1.14 bits per heavy atom. The van der Waals surface area contributed by atoms with Crippen LogP contribution in [0, 0.1) is 5.82 Å². The lowest BCUT2D eigenvalue weighted by molar-refractivity contribution is -0.150. The number of hydrogen-bond acceptors (Lipinski definition) is 3. The van der Waals surface area contributed by atoms with Crippen LogP contribution < -0.4 is 5.73 Å². The third-order valence-corrected chi connectivity index (χ3v) is 3.60. The number of nitrogens with two attached hydrogens (primary N) is 1. The molecule has 21 heavy (non-hydrogen) atoms. The van der Waals surface area contributed by atoms with Crippen LogP contribution in [-0.2, 0) is 22.7 Å². The van der Waals surface area contributed by atoms with Gasteiger partial charge in [-0.2, -0.15) is 0 Å². The van der Waals surface area contributed by atoms with Crippen molar-refractivity contribution in [2.24, 2.45) is 5.73 Å². The van der Waals surface area contributed by atoms with Gasteiger partial charge in [0.15, 0.2) is 0 Å². The number of halogens is 1. The average Bonchev–Trinajstić information content (AvgIpc) is 2.45. The summed E-state index contributed by atoms with van der Waals surface area (Å²) in [5.74, 6) is -0.553. The van der Waals surface area contributed by atoms with Gasteiger partial charge in [-0.15, -0.1) is 0 Å².